The highest BCUT2D eigenvalue weighted by Crippen LogP contribution is 2.05. The van der Waals surface area contributed by atoms with Gasteiger partial charge in [0, 0.05) is 13.2 Å². The van der Waals surface area contributed by atoms with Gasteiger partial charge in [-0.2, -0.15) is 0 Å². The van der Waals surface area contributed by atoms with E-state index in [-0.39, 0.29) is 17.8 Å². The van der Waals surface area contributed by atoms with E-state index >= 15 is 0 Å². The molecule has 0 unspecified atom stereocenters. The van der Waals surface area contributed by atoms with Gasteiger partial charge in [-0.3, -0.25) is 9.36 Å². The minimum atomic E-state index is -0.382. The summed E-state index contributed by atoms with van der Waals surface area (Å²) in [6.07, 6.45) is 1.76. The molecule has 5 nitrogen and oxygen atoms in total. The Labute approximate surface area is 108 Å². The Morgan fingerprint density at radius 3 is 2.58 bits per heavy atom. The summed E-state index contributed by atoms with van der Waals surface area (Å²) in [6, 6.07) is 11.2. The molecule has 0 spiro atoms. The number of nitrogens with one attached hydrogen (secondary N) is 1. The van der Waals surface area contributed by atoms with Gasteiger partial charge in [-0.05, 0) is 11.6 Å². The maximum Gasteiger partial charge on any atom is 0.329 e. The number of nitrogens with zero attached hydrogens (tertiary/aromatic N) is 2. The molecule has 2 aromatic heterocycles. The van der Waals surface area contributed by atoms with Crippen molar-refractivity contribution in [3.8, 4) is 0 Å². The fourth-order valence-electron chi connectivity index (χ4n) is 2.21. The maximum absolute atomic E-state index is 12.4. The molecular formula is C14H13N3O2. The molecule has 0 aliphatic rings. The lowest BCUT2D eigenvalue weighted by atomic mass is 10.2. The molecule has 1 aromatic carbocycles. The van der Waals surface area contributed by atoms with Crippen molar-refractivity contribution in [2.75, 3.05) is 0 Å². The van der Waals surface area contributed by atoms with E-state index in [4.69, 9.17) is 0 Å². The topological polar surface area (TPSA) is 59.8 Å². The third-order valence-electron chi connectivity index (χ3n) is 3.19. The molecule has 3 rings (SSSR count). The van der Waals surface area contributed by atoms with Gasteiger partial charge in [0.25, 0.3) is 5.56 Å². The SMILES string of the molecule is Cn1ccc2[nH]c(=O)n(Cc3ccccc3)c(=O)c21. The van der Waals surface area contributed by atoms with Crippen molar-refractivity contribution in [3.05, 3.63) is 69.0 Å². The lowest BCUT2D eigenvalue weighted by Crippen LogP contribution is -2.35. The first-order valence-electron chi connectivity index (χ1n) is 5.99. The standard InChI is InChI=1S/C14H13N3O2/c1-16-8-7-11-12(16)13(18)17(14(19)15-11)9-10-5-3-2-4-6-10/h2-8H,9H2,1H3,(H,15,19). The number of hydrogen-bond acceptors (Lipinski definition) is 2. The number of fused-ring (bicyclic) bond motifs is 1. The van der Waals surface area contributed by atoms with Crippen molar-refractivity contribution in [2.45, 2.75) is 6.54 Å². The van der Waals surface area contributed by atoms with Crippen molar-refractivity contribution in [1.82, 2.24) is 14.1 Å². The van der Waals surface area contributed by atoms with Crippen molar-refractivity contribution in [1.29, 1.82) is 0 Å². The lowest BCUT2D eigenvalue weighted by Gasteiger charge is -2.05. The van der Waals surface area contributed by atoms with E-state index in [9.17, 15) is 9.59 Å². The van der Waals surface area contributed by atoms with Gasteiger partial charge in [0.2, 0.25) is 0 Å². The molecule has 0 bridgehead atoms. The van der Waals surface area contributed by atoms with Crippen LogP contribution in [0.15, 0.2) is 52.2 Å². The van der Waals surface area contributed by atoms with Crippen molar-refractivity contribution >= 4 is 11.0 Å². The molecule has 19 heavy (non-hydrogen) atoms. The molecule has 0 aliphatic heterocycles. The summed E-state index contributed by atoms with van der Waals surface area (Å²) in [7, 11) is 1.79. The van der Waals surface area contributed by atoms with Gasteiger partial charge < -0.3 is 9.55 Å². The monoisotopic (exact) mass is 255 g/mol. The smallest absolute Gasteiger partial charge is 0.329 e. The highest BCUT2D eigenvalue weighted by Gasteiger charge is 2.10. The van der Waals surface area contributed by atoms with Gasteiger partial charge in [-0.1, -0.05) is 30.3 Å². The molecule has 5 heteroatoms. The molecule has 0 amide bonds. The predicted octanol–water partition coefficient (Wildman–Crippen LogP) is 1.08. The summed E-state index contributed by atoms with van der Waals surface area (Å²) in [6.45, 7) is 0.274. The summed E-state index contributed by atoms with van der Waals surface area (Å²) in [5.41, 5.74) is 1.35. The summed E-state index contributed by atoms with van der Waals surface area (Å²) in [4.78, 5) is 27.1. The summed E-state index contributed by atoms with van der Waals surface area (Å²) in [5, 5.41) is 0. The average Bonchev–Trinajstić information content (AvgIpc) is 2.77. The van der Waals surface area contributed by atoms with Crippen LogP contribution in [0.2, 0.25) is 0 Å². The Morgan fingerprint density at radius 1 is 1.11 bits per heavy atom. The number of benzene rings is 1. The van der Waals surface area contributed by atoms with Crippen molar-refractivity contribution in [2.24, 2.45) is 7.05 Å². The van der Waals surface area contributed by atoms with Crippen LogP contribution in [0, 0.1) is 0 Å². The zero-order valence-electron chi connectivity index (χ0n) is 10.5. The maximum atomic E-state index is 12.4. The number of H-pyrrole nitrogens is 1. The van der Waals surface area contributed by atoms with Crippen LogP contribution in [0.3, 0.4) is 0 Å². The largest absolute Gasteiger partial charge is 0.345 e. The van der Waals surface area contributed by atoms with E-state index < -0.39 is 0 Å². The van der Waals surface area contributed by atoms with E-state index in [0.717, 1.165) is 5.56 Å². The second kappa shape index (κ2) is 4.28. The zero-order valence-corrected chi connectivity index (χ0v) is 10.5. The molecule has 96 valence electrons. The number of aryl methyl sites for hydroxylation is 1. The molecule has 3 aromatic rings. The van der Waals surface area contributed by atoms with E-state index in [2.05, 4.69) is 4.98 Å². The first-order chi connectivity index (χ1) is 9.16. The highest BCUT2D eigenvalue weighted by atomic mass is 16.2. The van der Waals surface area contributed by atoms with E-state index in [1.165, 1.54) is 4.57 Å². The first-order valence-corrected chi connectivity index (χ1v) is 5.99. The number of rotatable bonds is 2. The van der Waals surface area contributed by atoms with Crippen LogP contribution in [0.5, 0.6) is 0 Å². The van der Waals surface area contributed by atoms with Crippen LogP contribution in [-0.2, 0) is 13.6 Å². The zero-order chi connectivity index (χ0) is 13.4. The second-order valence-electron chi connectivity index (χ2n) is 4.50. The van der Waals surface area contributed by atoms with Crippen LogP contribution in [0.4, 0.5) is 0 Å². The van der Waals surface area contributed by atoms with E-state index in [0.29, 0.717) is 11.0 Å². The molecule has 0 saturated carbocycles. The van der Waals surface area contributed by atoms with Crippen LogP contribution in [0.1, 0.15) is 5.56 Å². The Hall–Kier alpha value is -2.56. The van der Waals surface area contributed by atoms with Gasteiger partial charge in [0.15, 0.2) is 0 Å². The molecule has 0 atom stereocenters. The average molecular weight is 255 g/mol. The molecule has 1 N–H and O–H groups in total. The molecule has 0 aliphatic carbocycles. The Bertz CT molecular complexity index is 840. The van der Waals surface area contributed by atoms with Gasteiger partial charge >= 0.3 is 5.69 Å². The molecule has 0 fully saturated rings. The van der Waals surface area contributed by atoms with Gasteiger partial charge in [0.05, 0.1) is 12.1 Å². The third kappa shape index (κ3) is 1.89. The van der Waals surface area contributed by atoms with Gasteiger partial charge in [-0.15, -0.1) is 0 Å². The molecule has 0 saturated heterocycles. The summed E-state index contributed by atoms with van der Waals surface area (Å²) in [5.74, 6) is 0. The Kier molecular flexibility index (Phi) is 2.59. The van der Waals surface area contributed by atoms with E-state index in [1.54, 1.807) is 23.9 Å². The Morgan fingerprint density at radius 2 is 1.84 bits per heavy atom. The molecule has 0 radical (unpaired) electrons. The first kappa shape index (κ1) is 11.5. The van der Waals surface area contributed by atoms with Crippen molar-refractivity contribution < 1.29 is 0 Å². The lowest BCUT2D eigenvalue weighted by molar-refractivity contribution is 0.706. The van der Waals surface area contributed by atoms with E-state index in [1.807, 2.05) is 30.3 Å². The predicted molar refractivity (Wildman–Crippen MR) is 73.3 cm³/mol. The summed E-state index contributed by atoms with van der Waals surface area (Å²) < 4.78 is 2.94. The van der Waals surface area contributed by atoms with Crippen LogP contribution in [0.25, 0.3) is 11.0 Å². The van der Waals surface area contributed by atoms with Crippen LogP contribution >= 0.6 is 0 Å². The minimum Gasteiger partial charge on any atom is -0.345 e. The number of aromatic nitrogens is 3. The van der Waals surface area contributed by atoms with Crippen LogP contribution < -0.4 is 11.2 Å². The molecule has 2 heterocycles. The second-order valence-corrected chi connectivity index (χ2v) is 4.50. The Balaban J connectivity index is 2.21. The molecular weight excluding hydrogens is 242 g/mol. The van der Waals surface area contributed by atoms with Gasteiger partial charge in [-0.25, -0.2) is 4.79 Å². The normalized spacial score (nSPS) is 11.0. The summed E-state index contributed by atoms with van der Waals surface area (Å²) >= 11 is 0. The fourth-order valence-corrected chi connectivity index (χ4v) is 2.21. The van der Waals surface area contributed by atoms with Crippen LogP contribution in [-0.4, -0.2) is 14.1 Å². The third-order valence-corrected chi connectivity index (χ3v) is 3.19. The minimum absolute atomic E-state index is 0.268. The van der Waals surface area contributed by atoms with Gasteiger partial charge in [0.1, 0.15) is 5.52 Å². The quantitative estimate of drug-likeness (QED) is 0.744. The number of hydrogen-bond donors (Lipinski definition) is 1. The van der Waals surface area contributed by atoms with Crippen molar-refractivity contribution in [3.63, 3.8) is 0 Å². The fraction of sp³-hybridized carbons (Fsp3) is 0.143. The number of aromatic amines is 1. The highest BCUT2D eigenvalue weighted by molar-refractivity contribution is 5.74.